The Morgan fingerprint density at radius 1 is 1.04 bits per heavy atom. The fourth-order valence-corrected chi connectivity index (χ4v) is 3.83. The highest BCUT2D eigenvalue weighted by Gasteiger charge is 2.16. The standard InChI is InChI=1S/C20H19IN6O/c1-13-8-14(2)10-16(9-13)27-19(21)18(11-22-27)20-23-25-26(24-20)12-15-4-6-17(28-3)7-5-15/h4-11H,12H2,1-3H3. The van der Waals surface area contributed by atoms with Gasteiger partial charge in [0.25, 0.3) is 0 Å². The molecule has 2 heterocycles. The molecule has 7 nitrogen and oxygen atoms in total. The normalized spacial score (nSPS) is 11.0. The van der Waals surface area contributed by atoms with Crippen LogP contribution in [-0.2, 0) is 6.54 Å². The van der Waals surface area contributed by atoms with Gasteiger partial charge in [-0.15, -0.1) is 10.2 Å². The van der Waals surface area contributed by atoms with Crippen molar-refractivity contribution in [2.45, 2.75) is 20.4 Å². The molecule has 2 aromatic heterocycles. The van der Waals surface area contributed by atoms with Gasteiger partial charge in [0.1, 0.15) is 9.45 Å². The number of ether oxygens (including phenoxy) is 1. The van der Waals surface area contributed by atoms with Gasteiger partial charge in [0.05, 0.1) is 31.1 Å². The summed E-state index contributed by atoms with van der Waals surface area (Å²) in [6.45, 7) is 4.71. The molecule has 0 atom stereocenters. The van der Waals surface area contributed by atoms with Crippen molar-refractivity contribution in [1.29, 1.82) is 0 Å². The molecule has 0 radical (unpaired) electrons. The first-order valence-electron chi connectivity index (χ1n) is 8.77. The molecule has 0 amide bonds. The SMILES string of the molecule is COc1ccc(Cn2nnc(-c3cnn(-c4cc(C)cc(C)c4)c3I)n2)cc1. The van der Waals surface area contributed by atoms with Crippen LogP contribution in [0, 0.1) is 17.5 Å². The average molecular weight is 486 g/mol. The minimum Gasteiger partial charge on any atom is -0.497 e. The molecule has 0 aliphatic heterocycles. The molecule has 4 rings (SSSR count). The lowest BCUT2D eigenvalue weighted by Gasteiger charge is -2.06. The molecule has 0 saturated heterocycles. The van der Waals surface area contributed by atoms with Crippen LogP contribution in [0.15, 0.2) is 48.7 Å². The third kappa shape index (κ3) is 3.77. The van der Waals surface area contributed by atoms with E-state index in [9.17, 15) is 0 Å². The summed E-state index contributed by atoms with van der Waals surface area (Å²) in [5.74, 6) is 1.39. The largest absolute Gasteiger partial charge is 0.497 e. The van der Waals surface area contributed by atoms with E-state index in [0.29, 0.717) is 12.4 Å². The maximum absolute atomic E-state index is 5.19. The van der Waals surface area contributed by atoms with Crippen LogP contribution in [0.4, 0.5) is 0 Å². The topological polar surface area (TPSA) is 70.7 Å². The lowest BCUT2D eigenvalue weighted by molar-refractivity contribution is 0.414. The minimum atomic E-state index is 0.540. The highest BCUT2D eigenvalue weighted by atomic mass is 127. The maximum Gasteiger partial charge on any atom is 0.209 e. The van der Waals surface area contributed by atoms with Gasteiger partial charge in [0, 0.05) is 0 Å². The van der Waals surface area contributed by atoms with E-state index < -0.39 is 0 Å². The van der Waals surface area contributed by atoms with Crippen molar-refractivity contribution < 1.29 is 4.74 Å². The molecular formula is C20H19IN6O. The quantitative estimate of drug-likeness (QED) is 0.402. The van der Waals surface area contributed by atoms with Gasteiger partial charge < -0.3 is 4.74 Å². The second kappa shape index (κ2) is 7.70. The summed E-state index contributed by atoms with van der Waals surface area (Å²) in [7, 11) is 1.65. The van der Waals surface area contributed by atoms with Crippen molar-refractivity contribution in [2.24, 2.45) is 0 Å². The summed E-state index contributed by atoms with van der Waals surface area (Å²) in [5.41, 5.74) is 5.36. The number of aryl methyl sites for hydroxylation is 2. The number of halogens is 1. The van der Waals surface area contributed by atoms with Crippen molar-refractivity contribution in [1.82, 2.24) is 30.0 Å². The van der Waals surface area contributed by atoms with E-state index in [2.05, 4.69) is 75.1 Å². The third-order valence-corrected chi connectivity index (χ3v) is 5.38. The number of aromatic nitrogens is 6. The van der Waals surface area contributed by atoms with Crippen LogP contribution in [0.2, 0.25) is 0 Å². The Labute approximate surface area is 176 Å². The number of hydrogen-bond acceptors (Lipinski definition) is 5. The van der Waals surface area contributed by atoms with E-state index in [1.54, 1.807) is 18.1 Å². The van der Waals surface area contributed by atoms with Gasteiger partial charge in [-0.25, -0.2) is 4.68 Å². The maximum atomic E-state index is 5.19. The molecule has 0 spiro atoms. The molecule has 2 aromatic carbocycles. The molecule has 0 aliphatic rings. The fraction of sp³-hybridized carbons (Fsp3) is 0.200. The minimum absolute atomic E-state index is 0.540. The molecule has 0 bridgehead atoms. The lowest BCUT2D eigenvalue weighted by atomic mass is 10.1. The fourth-order valence-electron chi connectivity index (χ4n) is 3.05. The first-order valence-corrected chi connectivity index (χ1v) is 9.84. The average Bonchev–Trinajstić information content (AvgIpc) is 3.28. The molecule has 4 aromatic rings. The summed E-state index contributed by atoms with van der Waals surface area (Å²) < 4.78 is 8.04. The number of rotatable bonds is 5. The van der Waals surface area contributed by atoms with Gasteiger partial charge in [-0.1, -0.05) is 18.2 Å². The summed E-state index contributed by atoms with van der Waals surface area (Å²) in [6, 6.07) is 14.2. The number of hydrogen-bond donors (Lipinski definition) is 0. The Morgan fingerprint density at radius 2 is 1.75 bits per heavy atom. The molecule has 0 saturated carbocycles. The lowest BCUT2D eigenvalue weighted by Crippen LogP contribution is -2.04. The van der Waals surface area contributed by atoms with Gasteiger partial charge in [-0.3, -0.25) is 0 Å². The second-order valence-corrected chi connectivity index (χ2v) is 7.62. The van der Waals surface area contributed by atoms with E-state index in [4.69, 9.17) is 4.74 Å². The molecule has 8 heteroatoms. The Hall–Kier alpha value is -2.75. The zero-order valence-electron chi connectivity index (χ0n) is 15.8. The van der Waals surface area contributed by atoms with Crippen molar-refractivity contribution >= 4 is 22.6 Å². The Balaban J connectivity index is 1.59. The first-order chi connectivity index (χ1) is 13.5. The Morgan fingerprint density at radius 3 is 2.43 bits per heavy atom. The van der Waals surface area contributed by atoms with E-state index in [1.807, 2.05) is 28.9 Å². The third-order valence-electron chi connectivity index (χ3n) is 4.34. The predicted molar refractivity (Wildman–Crippen MR) is 115 cm³/mol. The van der Waals surface area contributed by atoms with Crippen molar-refractivity contribution in [3.8, 4) is 22.8 Å². The van der Waals surface area contributed by atoms with Crippen LogP contribution < -0.4 is 4.74 Å². The zero-order chi connectivity index (χ0) is 19.7. The van der Waals surface area contributed by atoms with E-state index in [0.717, 1.165) is 26.3 Å². The van der Waals surface area contributed by atoms with Gasteiger partial charge in [-0.2, -0.15) is 9.90 Å². The van der Waals surface area contributed by atoms with Crippen LogP contribution in [0.5, 0.6) is 5.75 Å². The number of methoxy groups -OCH3 is 1. The van der Waals surface area contributed by atoms with Gasteiger partial charge in [0.15, 0.2) is 0 Å². The molecule has 28 heavy (non-hydrogen) atoms. The smallest absolute Gasteiger partial charge is 0.209 e. The van der Waals surface area contributed by atoms with Crippen molar-refractivity contribution in [3.05, 3.63) is 69.1 Å². The number of tetrazole rings is 1. The molecule has 0 aliphatic carbocycles. The first kappa shape index (κ1) is 18.6. The van der Waals surface area contributed by atoms with Gasteiger partial charge in [0.2, 0.25) is 5.82 Å². The van der Waals surface area contributed by atoms with E-state index >= 15 is 0 Å². The van der Waals surface area contributed by atoms with E-state index in [1.165, 1.54) is 11.1 Å². The van der Waals surface area contributed by atoms with Crippen LogP contribution >= 0.6 is 22.6 Å². The highest BCUT2D eigenvalue weighted by Crippen LogP contribution is 2.25. The van der Waals surface area contributed by atoms with Crippen molar-refractivity contribution in [2.75, 3.05) is 7.11 Å². The highest BCUT2D eigenvalue weighted by molar-refractivity contribution is 14.1. The van der Waals surface area contributed by atoms with Crippen LogP contribution in [0.3, 0.4) is 0 Å². The number of benzene rings is 2. The molecular weight excluding hydrogens is 467 g/mol. The van der Waals surface area contributed by atoms with Gasteiger partial charge in [-0.05, 0) is 82.6 Å². The zero-order valence-corrected chi connectivity index (χ0v) is 18.0. The molecule has 0 fully saturated rings. The Kier molecular flexibility index (Phi) is 5.12. The summed E-state index contributed by atoms with van der Waals surface area (Å²) in [5, 5.41) is 17.5. The van der Waals surface area contributed by atoms with Crippen LogP contribution in [-0.4, -0.2) is 37.1 Å². The van der Waals surface area contributed by atoms with Gasteiger partial charge >= 0.3 is 0 Å². The van der Waals surface area contributed by atoms with Crippen LogP contribution in [0.1, 0.15) is 16.7 Å². The van der Waals surface area contributed by atoms with E-state index in [-0.39, 0.29) is 0 Å². The van der Waals surface area contributed by atoms with Crippen molar-refractivity contribution in [3.63, 3.8) is 0 Å². The summed E-state index contributed by atoms with van der Waals surface area (Å²) >= 11 is 2.28. The molecule has 0 unspecified atom stereocenters. The number of nitrogens with zero attached hydrogens (tertiary/aromatic N) is 6. The summed E-state index contributed by atoms with van der Waals surface area (Å²) in [6.07, 6.45) is 1.79. The monoisotopic (exact) mass is 486 g/mol. The summed E-state index contributed by atoms with van der Waals surface area (Å²) in [4.78, 5) is 1.58. The predicted octanol–water partition coefficient (Wildman–Crippen LogP) is 3.80. The van der Waals surface area contributed by atoms with Crippen LogP contribution in [0.25, 0.3) is 17.1 Å². The second-order valence-electron chi connectivity index (χ2n) is 6.60. The Bertz CT molecular complexity index is 1100. The molecule has 0 N–H and O–H groups in total. The molecule has 142 valence electrons.